The second-order valence-electron chi connectivity index (χ2n) is 6.99. The summed E-state index contributed by atoms with van der Waals surface area (Å²) < 4.78 is 0. The van der Waals surface area contributed by atoms with Gasteiger partial charge < -0.3 is 10.6 Å². The van der Waals surface area contributed by atoms with Crippen molar-refractivity contribution in [2.75, 3.05) is 0 Å². The number of hydrogen-bond acceptors (Lipinski definition) is 2. The predicted molar refractivity (Wildman–Crippen MR) is 67.5 cm³/mol. The Hall–Kier alpha value is -1.06. The highest BCUT2D eigenvalue weighted by Crippen LogP contribution is 2.46. The van der Waals surface area contributed by atoms with E-state index >= 15 is 0 Å². The van der Waals surface area contributed by atoms with Gasteiger partial charge in [-0.25, -0.2) is 0 Å². The Morgan fingerprint density at radius 3 is 1.29 bits per heavy atom. The molecule has 0 radical (unpaired) electrons. The molecule has 1 saturated carbocycles. The van der Waals surface area contributed by atoms with E-state index in [1.54, 1.807) is 0 Å². The van der Waals surface area contributed by atoms with E-state index in [0.717, 1.165) is 0 Å². The summed E-state index contributed by atoms with van der Waals surface area (Å²) in [5, 5.41) is 5.78. The zero-order valence-corrected chi connectivity index (χ0v) is 11.7. The SMILES string of the molecule is CC(C)(C)NC(=O)C1(C(=O)NC(C)(C)C)CC1. The maximum Gasteiger partial charge on any atom is 0.236 e. The number of nitrogens with one attached hydrogen (secondary N) is 2. The van der Waals surface area contributed by atoms with Gasteiger partial charge in [0.25, 0.3) is 0 Å². The first-order chi connectivity index (χ1) is 7.46. The summed E-state index contributed by atoms with van der Waals surface area (Å²) >= 11 is 0. The van der Waals surface area contributed by atoms with Crippen molar-refractivity contribution >= 4 is 11.8 Å². The number of amides is 2. The fourth-order valence-corrected chi connectivity index (χ4v) is 1.60. The molecule has 1 fully saturated rings. The Balaban J connectivity index is 2.70. The summed E-state index contributed by atoms with van der Waals surface area (Å²) in [4.78, 5) is 24.2. The molecule has 1 aliphatic rings. The molecular weight excluding hydrogens is 216 g/mol. The van der Waals surface area contributed by atoms with Crippen LogP contribution in [-0.4, -0.2) is 22.9 Å². The van der Waals surface area contributed by atoms with E-state index in [2.05, 4.69) is 10.6 Å². The van der Waals surface area contributed by atoms with E-state index in [1.807, 2.05) is 41.5 Å². The summed E-state index contributed by atoms with van der Waals surface area (Å²) in [6.45, 7) is 11.5. The molecule has 0 heterocycles. The minimum absolute atomic E-state index is 0.147. The fourth-order valence-electron chi connectivity index (χ4n) is 1.60. The van der Waals surface area contributed by atoms with E-state index in [4.69, 9.17) is 0 Å². The molecule has 0 atom stereocenters. The van der Waals surface area contributed by atoms with Gasteiger partial charge in [0.05, 0.1) is 0 Å². The van der Waals surface area contributed by atoms with Gasteiger partial charge in [0.15, 0.2) is 0 Å². The van der Waals surface area contributed by atoms with Gasteiger partial charge in [-0.2, -0.15) is 0 Å². The van der Waals surface area contributed by atoms with E-state index in [-0.39, 0.29) is 22.9 Å². The Bertz CT molecular complexity index is 300. The third-order valence-corrected chi connectivity index (χ3v) is 2.60. The highest BCUT2D eigenvalue weighted by molar-refractivity contribution is 6.08. The van der Waals surface area contributed by atoms with Crippen molar-refractivity contribution in [3.05, 3.63) is 0 Å². The summed E-state index contributed by atoms with van der Waals surface area (Å²) in [7, 11) is 0. The predicted octanol–water partition coefficient (Wildman–Crippen LogP) is 1.60. The Morgan fingerprint density at radius 1 is 0.824 bits per heavy atom. The van der Waals surface area contributed by atoms with Gasteiger partial charge in [-0.1, -0.05) is 0 Å². The molecule has 0 aromatic rings. The van der Waals surface area contributed by atoms with Crippen LogP contribution in [0.2, 0.25) is 0 Å². The minimum Gasteiger partial charge on any atom is -0.351 e. The van der Waals surface area contributed by atoms with Crippen LogP contribution in [0.15, 0.2) is 0 Å². The van der Waals surface area contributed by atoms with Crippen molar-refractivity contribution in [1.29, 1.82) is 0 Å². The van der Waals surface area contributed by atoms with Crippen LogP contribution in [0.1, 0.15) is 54.4 Å². The van der Waals surface area contributed by atoms with Crippen LogP contribution < -0.4 is 10.6 Å². The number of hydrogen-bond donors (Lipinski definition) is 2. The van der Waals surface area contributed by atoms with E-state index < -0.39 is 5.41 Å². The zero-order valence-electron chi connectivity index (χ0n) is 11.7. The normalized spacial score (nSPS) is 18.5. The highest BCUT2D eigenvalue weighted by atomic mass is 16.2. The molecule has 1 rings (SSSR count). The molecule has 0 bridgehead atoms. The lowest BCUT2D eigenvalue weighted by Gasteiger charge is -2.27. The lowest BCUT2D eigenvalue weighted by Crippen LogP contribution is -2.52. The van der Waals surface area contributed by atoms with E-state index in [0.29, 0.717) is 12.8 Å². The second-order valence-corrected chi connectivity index (χ2v) is 6.99. The smallest absolute Gasteiger partial charge is 0.236 e. The van der Waals surface area contributed by atoms with Crippen LogP contribution in [0.3, 0.4) is 0 Å². The molecular formula is C13H24N2O2. The first-order valence-corrected chi connectivity index (χ1v) is 6.12. The van der Waals surface area contributed by atoms with Gasteiger partial charge >= 0.3 is 0 Å². The number of rotatable bonds is 2. The van der Waals surface area contributed by atoms with Gasteiger partial charge in [0, 0.05) is 11.1 Å². The largest absolute Gasteiger partial charge is 0.351 e. The molecule has 0 spiro atoms. The molecule has 98 valence electrons. The van der Waals surface area contributed by atoms with Crippen LogP contribution in [0, 0.1) is 5.41 Å². The average molecular weight is 240 g/mol. The second kappa shape index (κ2) is 4.00. The summed E-state index contributed by atoms with van der Waals surface area (Å²) in [6.07, 6.45) is 1.30. The zero-order chi connectivity index (χ0) is 13.5. The molecule has 0 aliphatic heterocycles. The molecule has 17 heavy (non-hydrogen) atoms. The fraction of sp³-hybridized carbons (Fsp3) is 0.846. The van der Waals surface area contributed by atoms with Crippen molar-refractivity contribution in [3.8, 4) is 0 Å². The third kappa shape index (κ3) is 3.72. The van der Waals surface area contributed by atoms with Crippen molar-refractivity contribution in [1.82, 2.24) is 10.6 Å². The molecule has 0 aromatic heterocycles. The van der Waals surface area contributed by atoms with Crippen molar-refractivity contribution < 1.29 is 9.59 Å². The number of carbonyl (C=O) groups is 2. The van der Waals surface area contributed by atoms with Gasteiger partial charge in [-0.15, -0.1) is 0 Å². The quantitative estimate of drug-likeness (QED) is 0.720. The van der Waals surface area contributed by atoms with Gasteiger partial charge in [-0.05, 0) is 54.4 Å². The highest BCUT2D eigenvalue weighted by Gasteiger charge is 2.57. The monoisotopic (exact) mass is 240 g/mol. The molecule has 0 saturated heterocycles. The van der Waals surface area contributed by atoms with Gasteiger partial charge in [0.1, 0.15) is 5.41 Å². The van der Waals surface area contributed by atoms with Crippen LogP contribution in [0.5, 0.6) is 0 Å². The molecule has 4 nitrogen and oxygen atoms in total. The molecule has 1 aliphatic carbocycles. The molecule has 2 N–H and O–H groups in total. The summed E-state index contributed by atoms with van der Waals surface area (Å²) in [5.74, 6) is -0.293. The van der Waals surface area contributed by atoms with Crippen LogP contribution in [0.4, 0.5) is 0 Å². The third-order valence-electron chi connectivity index (χ3n) is 2.60. The number of carbonyl (C=O) groups excluding carboxylic acids is 2. The summed E-state index contributed by atoms with van der Waals surface area (Å²) in [6, 6.07) is 0. The summed E-state index contributed by atoms with van der Waals surface area (Å²) in [5.41, 5.74) is -1.41. The van der Waals surface area contributed by atoms with Crippen LogP contribution in [-0.2, 0) is 9.59 Å². The molecule has 0 unspecified atom stereocenters. The molecule has 4 heteroatoms. The molecule has 0 aromatic carbocycles. The van der Waals surface area contributed by atoms with Crippen LogP contribution in [0.25, 0.3) is 0 Å². The Morgan fingerprint density at radius 2 is 1.12 bits per heavy atom. The first-order valence-electron chi connectivity index (χ1n) is 6.12. The lowest BCUT2D eigenvalue weighted by atomic mass is 9.99. The topological polar surface area (TPSA) is 58.2 Å². The maximum absolute atomic E-state index is 12.1. The lowest BCUT2D eigenvalue weighted by molar-refractivity contribution is -0.138. The van der Waals surface area contributed by atoms with E-state index in [9.17, 15) is 9.59 Å². The van der Waals surface area contributed by atoms with Crippen molar-refractivity contribution in [2.24, 2.45) is 5.41 Å². The van der Waals surface area contributed by atoms with Gasteiger partial charge in [0.2, 0.25) is 11.8 Å². The first kappa shape index (κ1) is 14.0. The van der Waals surface area contributed by atoms with Crippen molar-refractivity contribution in [2.45, 2.75) is 65.5 Å². The Labute approximate surface area is 104 Å². The average Bonchev–Trinajstić information content (AvgIpc) is 2.75. The van der Waals surface area contributed by atoms with E-state index in [1.165, 1.54) is 0 Å². The standard InChI is InChI=1S/C13H24N2O2/c1-11(2,3)14-9(16)13(7-8-13)10(17)15-12(4,5)6/h7-8H2,1-6H3,(H,14,16)(H,15,17). The molecule has 2 amide bonds. The Kier molecular flexibility index (Phi) is 3.29. The minimum atomic E-state index is -0.819. The van der Waals surface area contributed by atoms with Crippen LogP contribution >= 0.6 is 0 Å². The maximum atomic E-state index is 12.1. The van der Waals surface area contributed by atoms with Crippen molar-refractivity contribution in [3.63, 3.8) is 0 Å². The van der Waals surface area contributed by atoms with Gasteiger partial charge in [-0.3, -0.25) is 9.59 Å².